The molecule has 1 N–H and O–H groups in total. The molecule has 9 heteroatoms. The van der Waals surface area contributed by atoms with E-state index < -0.39 is 32.3 Å². The van der Waals surface area contributed by atoms with Crippen molar-refractivity contribution < 1.29 is 21.1 Å². The van der Waals surface area contributed by atoms with Crippen molar-refractivity contribution in [3.8, 4) is 11.4 Å². The highest BCUT2D eigenvalue weighted by Gasteiger charge is 2.15. The highest BCUT2D eigenvalue weighted by Crippen LogP contribution is 2.22. The van der Waals surface area contributed by atoms with Gasteiger partial charge in [0.1, 0.15) is 5.82 Å². The van der Waals surface area contributed by atoms with Gasteiger partial charge in [-0.3, -0.25) is 4.79 Å². The average Bonchev–Trinajstić information content (AvgIpc) is 2.48. The van der Waals surface area contributed by atoms with E-state index in [0.29, 0.717) is 6.07 Å². The van der Waals surface area contributed by atoms with E-state index in [1.807, 2.05) is 0 Å². The molecule has 0 saturated carbocycles. The molecule has 118 valence electrons. The molecule has 0 atom stereocenters. The standard InChI is InChI=1S/C14H7F3N2O3S/c15-10-5-9-12(6-11(10)16)18-13(19-14(9)20)7-2-1-3-8(4-7)23(17,21)22/h1-6H,(H,18,19,20). The average molecular weight is 340 g/mol. The minimum Gasteiger partial charge on any atom is -0.306 e. The molecule has 23 heavy (non-hydrogen) atoms. The van der Waals surface area contributed by atoms with E-state index in [2.05, 4.69) is 9.97 Å². The van der Waals surface area contributed by atoms with Crippen LogP contribution in [0.2, 0.25) is 0 Å². The van der Waals surface area contributed by atoms with E-state index in [0.717, 1.165) is 18.2 Å². The molecule has 2 aromatic carbocycles. The number of H-pyrrole nitrogens is 1. The summed E-state index contributed by atoms with van der Waals surface area (Å²) in [5, 5.41) is -0.165. The number of halogens is 3. The maximum atomic E-state index is 13.3. The summed E-state index contributed by atoms with van der Waals surface area (Å²) in [6, 6.07) is 6.12. The number of nitrogens with zero attached hydrogens (tertiary/aromatic N) is 1. The molecule has 3 rings (SSSR count). The maximum Gasteiger partial charge on any atom is 0.332 e. The van der Waals surface area contributed by atoms with Crippen molar-refractivity contribution in [1.82, 2.24) is 9.97 Å². The van der Waals surface area contributed by atoms with Gasteiger partial charge < -0.3 is 4.98 Å². The fourth-order valence-corrected chi connectivity index (χ4v) is 2.57. The number of benzene rings is 2. The Bertz CT molecular complexity index is 1090. The first-order chi connectivity index (χ1) is 10.8. The number of rotatable bonds is 2. The first kappa shape index (κ1) is 15.2. The van der Waals surface area contributed by atoms with Crippen molar-refractivity contribution in [3.63, 3.8) is 0 Å². The third-order valence-electron chi connectivity index (χ3n) is 3.14. The van der Waals surface area contributed by atoms with Gasteiger partial charge in [0, 0.05) is 11.6 Å². The predicted octanol–water partition coefficient (Wildman–Crippen LogP) is 2.53. The van der Waals surface area contributed by atoms with Crippen LogP contribution in [-0.4, -0.2) is 18.4 Å². The fourth-order valence-electron chi connectivity index (χ4n) is 2.07. The van der Waals surface area contributed by atoms with Crippen LogP contribution in [0.1, 0.15) is 0 Å². The molecular weight excluding hydrogens is 333 g/mol. The molecule has 0 bridgehead atoms. The van der Waals surface area contributed by atoms with Crippen LogP contribution in [0.5, 0.6) is 0 Å². The van der Waals surface area contributed by atoms with Gasteiger partial charge in [0.2, 0.25) is 0 Å². The molecular formula is C14H7F3N2O3S. The monoisotopic (exact) mass is 340 g/mol. The number of aromatic nitrogens is 2. The van der Waals surface area contributed by atoms with Crippen molar-refractivity contribution in [1.29, 1.82) is 0 Å². The van der Waals surface area contributed by atoms with Gasteiger partial charge in [-0.05, 0) is 18.2 Å². The largest absolute Gasteiger partial charge is 0.332 e. The van der Waals surface area contributed by atoms with E-state index in [1.165, 1.54) is 12.1 Å². The van der Waals surface area contributed by atoms with Crippen LogP contribution in [-0.2, 0) is 10.2 Å². The summed E-state index contributed by atoms with van der Waals surface area (Å²) in [5.74, 6) is -2.47. The first-order valence-electron chi connectivity index (χ1n) is 6.20. The zero-order valence-electron chi connectivity index (χ0n) is 11.2. The Hall–Kier alpha value is -2.68. The molecule has 0 aliphatic carbocycles. The molecule has 1 heterocycles. The number of hydrogen-bond acceptors (Lipinski definition) is 4. The Morgan fingerprint density at radius 1 is 1.04 bits per heavy atom. The first-order valence-corrected chi connectivity index (χ1v) is 7.58. The number of hydrogen-bond donors (Lipinski definition) is 1. The van der Waals surface area contributed by atoms with Crippen LogP contribution in [0, 0.1) is 11.6 Å². The maximum absolute atomic E-state index is 13.3. The van der Waals surface area contributed by atoms with Crippen molar-refractivity contribution >= 4 is 21.1 Å². The summed E-state index contributed by atoms with van der Waals surface area (Å²) in [6.45, 7) is 0. The van der Waals surface area contributed by atoms with E-state index in [1.54, 1.807) is 0 Å². The van der Waals surface area contributed by atoms with Crippen LogP contribution >= 0.6 is 0 Å². The number of fused-ring (bicyclic) bond motifs is 1. The summed E-state index contributed by atoms with van der Waals surface area (Å²) < 4.78 is 61.3. The van der Waals surface area contributed by atoms with Gasteiger partial charge in [0.25, 0.3) is 5.56 Å². The smallest absolute Gasteiger partial charge is 0.306 e. The lowest BCUT2D eigenvalue weighted by molar-refractivity contribution is 0.510. The van der Waals surface area contributed by atoms with Gasteiger partial charge in [-0.2, -0.15) is 8.42 Å². The van der Waals surface area contributed by atoms with Gasteiger partial charge >= 0.3 is 10.2 Å². The van der Waals surface area contributed by atoms with E-state index in [9.17, 15) is 25.9 Å². The summed E-state index contributed by atoms with van der Waals surface area (Å²) >= 11 is 0. The minimum atomic E-state index is -4.93. The molecule has 0 saturated heterocycles. The number of aromatic amines is 1. The molecule has 0 unspecified atom stereocenters. The Morgan fingerprint density at radius 2 is 1.74 bits per heavy atom. The topological polar surface area (TPSA) is 79.9 Å². The Morgan fingerprint density at radius 3 is 2.43 bits per heavy atom. The van der Waals surface area contributed by atoms with Gasteiger partial charge in [-0.25, -0.2) is 13.8 Å². The Balaban J connectivity index is 2.26. The Labute approximate surface area is 127 Å². The lowest BCUT2D eigenvalue weighted by Crippen LogP contribution is -2.10. The summed E-state index contributed by atoms with van der Waals surface area (Å²) in [6.07, 6.45) is 0. The Kier molecular flexibility index (Phi) is 3.44. The SMILES string of the molecule is O=c1[nH]c(-c2cccc(S(=O)(=O)F)c2)nc2cc(F)c(F)cc12. The molecule has 0 radical (unpaired) electrons. The van der Waals surface area contributed by atoms with Crippen molar-refractivity contribution in [2.45, 2.75) is 4.90 Å². The quantitative estimate of drug-likeness (QED) is 0.727. The third kappa shape index (κ3) is 2.82. The lowest BCUT2D eigenvalue weighted by atomic mass is 10.2. The summed E-state index contributed by atoms with van der Waals surface area (Å²) in [4.78, 5) is 17.6. The molecule has 0 aliphatic rings. The highest BCUT2D eigenvalue weighted by atomic mass is 32.3. The molecule has 1 aromatic heterocycles. The van der Waals surface area contributed by atoms with E-state index in [-0.39, 0.29) is 22.3 Å². The van der Waals surface area contributed by atoms with E-state index in [4.69, 9.17) is 0 Å². The second-order valence-electron chi connectivity index (χ2n) is 4.66. The predicted molar refractivity (Wildman–Crippen MR) is 76.0 cm³/mol. The molecule has 5 nitrogen and oxygen atoms in total. The zero-order valence-corrected chi connectivity index (χ0v) is 12.0. The van der Waals surface area contributed by atoms with Crippen LogP contribution < -0.4 is 5.56 Å². The molecule has 3 aromatic rings. The number of nitrogens with one attached hydrogen (secondary N) is 1. The zero-order chi connectivity index (χ0) is 16.8. The third-order valence-corrected chi connectivity index (χ3v) is 3.95. The van der Waals surface area contributed by atoms with E-state index >= 15 is 0 Å². The molecule has 0 fully saturated rings. The summed E-state index contributed by atoms with van der Waals surface area (Å²) in [7, 11) is -4.93. The lowest BCUT2D eigenvalue weighted by Gasteiger charge is -2.05. The molecule has 0 aliphatic heterocycles. The summed E-state index contributed by atoms with van der Waals surface area (Å²) in [5.41, 5.74) is -0.749. The van der Waals surface area contributed by atoms with Gasteiger partial charge in [0.15, 0.2) is 11.6 Å². The van der Waals surface area contributed by atoms with Gasteiger partial charge in [0.05, 0.1) is 15.8 Å². The van der Waals surface area contributed by atoms with Crippen LogP contribution in [0.15, 0.2) is 46.1 Å². The van der Waals surface area contributed by atoms with Gasteiger partial charge in [-0.1, -0.05) is 12.1 Å². The molecule has 0 spiro atoms. The fraction of sp³-hybridized carbons (Fsp3) is 0. The van der Waals surface area contributed by atoms with Crippen molar-refractivity contribution in [2.24, 2.45) is 0 Å². The second kappa shape index (κ2) is 5.20. The highest BCUT2D eigenvalue weighted by molar-refractivity contribution is 7.86. The van der Waals surface area contributed by atoms with Crippen LogP contribution in [0.4, 0.5) is 12.7 Å². The van der Waals surface area contributed by atoms with Crippen LogP contribution in [0.3, 0.4) is 0 Å². The van der Waals surface area contributed by atoms with Crippen molar-refractivity contribution in [3.05, 3.63) is 58.4 Å². The minimum absolute atomic E-state index is 0.0981. The van der Waals surface area contributed by atoms with Crippen molar-refractivity contribution in [2.75, 3.05) is 0 Å². The van der Waals surface area contributed by atoms with Gasteiger partial charge in [-0.15, -0.1) is 3.89 Å². The van der Waals surface area contributed by atoms with Crippen LogP contribution in [0.25, 0.3) is 22.3 Å². The second-order valence-corrected chi connectivity index (χ2v) is 6.01. The normalized spacial score (nSPS) is 11.8. The molecule has 0 amide bonds.